The quantitative estimate of drug-likeness (QED) is 0.794. The highest BCUT2D eigenvalue weighted by atomic mass is 32.2. The molecule has 0 fully saturated rings. The van der Waals surface area contributed by atoms with Gasteiger partial charge in [0.05, 0.1) is 0 Å². The molecule has 0 saturated heterocycles. The van der Waals surface area contributed by atoms with Crippen molar-refractivity contribution in [3.05, 3.63) is 17.1 Å². The minimum atomic E-state index is -4.74. The van der Waals surface area contributed by atoms with Crippen LogP contribution in [0.1, 0.15) is 21.9 Å². The standard InChI is InChI=1S/C9H10F3NO6S/c1-4-6(8(14)15)7(5(2)19-4)20(16,17)13-18-3-9(10,11)12/h13H,3H2,1-2H3,(H,14,15). The van der Waals surface area contributed by atoms with Gasteiger partial charge in [-0.25, -0.2) is 13.2 Å². The van der Waals surface area contributed by atoms with E-state index in [2.05, 4.69) is 4.84 Å². The van der Waals surface area contributed by atoms with Crippen LogP contribution in [0.2, 0.25) is 0 Å². The number of rotatable bonds is 5. The van der Waals surface area contributed by atoms with Gasteiger partial charge in [0.25, 0.3) is 10.0 Å². The van der Waals surface area contributed by atoms with E-state index in [1.54, 1.807) is 0 Å². The third-order valence-electron chi connectivity index (χ3n) is 2.09. The van der Waals surface area contributed by atoms with Gasteiger partial charge in [-0.2, -0.15) is 13.2 Å². The van der Waals surface area contributed by atoms with Crippen molar-refractivity contribution in [1.82, 2.24) is 4.89 Å². The molecule has 0 bridgehead atoms. The average Bonchev–Trinajstić information content (AvgIpc) is 2.51. The van der Waals surface area contributed by atoms with Crippen molar-refractivity contribution < 1.29 is 40.7 Å². The molecule has 0 aromatic carbocycles. The maximum absolute atomic E-state index is 11.9. The number of alkyl halides is 3. The Morgan fingerprint density at radius 3 is 2.35 bits per heavy atom. The van der Waals surface area contributed by atoms with E-state index in [-0.39, 0.29) is 11.5 Å². The van der Waals surface area contributed by atoms with Crippen LogP contribution in [0.4, 0.5) is 13.2 Å². The van der Waals surface area contributed by atoms with E-state index in [4.69, 9.17) is 9.52 Å². The fourth-order valence-corrected chi connectivity index (χ4v) is 2.68. The molecule has 0 unspecified atom stereocenters. The first-order chi connectivity index (χ1) is 8.96. The number of aromatic carboxylic acids is 1. The van der Waals surface area contributed by atoms with Crippen LogP contribution in [0.15, 0.2) is 9.31 Å². The van der Waals surface area contributed by atoms with Crippen LogP contribution in [-0.2, 0) is 14.9 Å². The Bertz CT molecular complexity index is 618. The maximum atomic E-state index is 11.9. The minimum absolute atomic E-state index is 0.189. The Balaban J connectivity index is 3.08. The van der Waals surface area contributed by atoms with Crippen molar-refractivity contribution in [3.63, 3.8) is 0 Å². The lowest BCUT2D eigenvalue weighted by atomic mass is 10.2. The molecule has 0 amide bonds. The highest BCUT2D eigenvalue weighted by molar-refractivity contribution is 7.89. The second-order valence-electron chi connectivity index (χ2n) is 3.71. The fourth-order valence-electron chi connectivity index (χ4n) is 1.46. The number of sulfonamides is 1. The molecule has 0 aliphatic carbocycles. The zero-order valence-corrected chi connectivity index (χ0v) is 11.1. The van der Waals surface area contributed by atoms with E-state index >= 15 is 0 Å². The predicted molar refractivity (Wildman–Crippen MR) is 57.5 cm³/mol. The highest BCUT2D eigenvalue weighted by Gasteiger charge is 2.33. The molecule has 2 N–H and O–H groups in total. The number of carbonyl (C=O) groups is 1. The summed E-state index contributed by atoms with van der Waals surface area (Å²) in [5.41, 5.74) is -0.661. The van der Waals surface area contributed by atoms with E-state index in [0.29, 0.717) is 0 Å². The number of nitrogens with one attached hydrogen (secondary N) is 1. The van der Waals surface area contributed by atoms with Gasteiger partial charge < -0.3 is 9.52 Å². The lowest BCUT2D eigenvalue weighted by Crippen LogP contribution is -2.30. The number of furan rings is 1. The van der Waals surface area contributed by atoms with E-state index in [0.717, 1.165) is 6.92 Å². The van der Waals surface area contributed by atoms with Crippen LogP contribution in [-0.4, -0.2) is 32.3 Å². The summed E-state index contributed by atoms with van der Waals surface area (Å²) < 4.78 is 63.9. The number of carboxylic acid groups (broad SMARTS) is 1. The van der Waals surface area contributed by atoms with Crippen LogP contribution in [0.25, 0.3) is 0 Å². The van der Waals surface area contributed by atoms with E-state index in [1.165, 1.54) is 11.8 Å². The van der Waals surface area contributed by atoms with Gasteiger partial charge in [-0.05, 0) is 13.8 Å². The van der Waals surface area contributed by atoms with Crippen molar-refractivity contribution in [3.8, 4) is 0 Å². The second-order valence-corrected chi connectivity index (χ2v) is 5.30. The highest BCUT2D eigenvalue weighted by Crippen LogP contribution is 2.26. The molecular formula is C9H10F3NO6S. The SMILES string of the molecule is Cc1oc(C)c(S(=O)(=O)NOCC(F)(F)F)c1C(=O)O. The predicted octanol–water partition coefficient (Wildman–Crippen LogP) is 1.37. The number of halogens is 3. The van der Waals surface area contributed by atoms with Gasteiger partial charge in [0.1, 0.15) is 22.0 Å². The largest absolute Gasteiger partial charge is 0.478 e. The van der Waals surface area contributed by atoms with Crippen molar-refractivity contribution in [2.24, 2.45) is 0 Å². The smallest absolute Gasteiger partial charge is 0.413 e. The third-order valence-corrected chi connectivity index (χ3v) is 3.46. The van der Waals surface area contributed by atoms with Crippen molar-refractivity contribution in [1.29, 1.82) is 0 Å². The molecule has 0 aliphatic heterocycles. The molecule has 0 radical (unpaired) electrons. The van der Waals surface area contributed by atoms with Gasteiger partial charge >= 0.3 is 12.1 Å². The molecule has 1 rings (SSSR count). The lowest BCUT2D eigenvalue weighted by Gasteiger charge is -2.09. The van der Waals surface area contributed by atoms with Gasteiger partial charge in [-0.3, -0.25) is 4.84 Å². The zero-order valence-electron chi connectivity index (χ0n) is 10.2. The first-order valence-corrected chi connectivity index (χ1v) is 6.47. The monoisotopic (exact) mass is 317 g/mol. The number of aryl methyl sites for hydroxylation is 2. The summed E-state index contributed by atoms with van der Waals surface area (Å²) in [4.78, 5) is 15.2. The Morgan fingerprint density at radius 2 is 1.90 bits per heavy atom. The summed E-state index contributed by atoms with van der Waals surface area (Å²) in [5, 5.41) is 8.90. The third kappa shape index (κ3) is 3.71. The Morgan fingerprint density at radius 1 is 1.35 bits per heavy atom. The number of hydrogen-bond donors (Lipinski definition) is 2. The molecular weight excluding hydrogens is 307 g/mol. The Hall–Kier alpha value is -1.59. The molecule has 1 heterocycles. The number of hydrogen-bond acceptors (Lipinski definition) is 5. The molecule has 7 nitrogen and oxygen atoms in total. The van der Waals surface area contributed by atoms with Crippen LogP contribution < -0.4 is 4.89 Å². The van der Waals surface area contributed by atoms with Crippen molar-refractivity contribution in [2.45, 2.75) is 24.9 Å². The molecule has 0 atom stereocenters. The summed E-state index contributed by atoms with van der Waals surface area (Å²) in [7, 11) is -4.62. The van der Waals surface area contributed by atoms with Gasteiger partial charge in [0.2, 0.25) is 0 Å². The van der Waals surface area contributed by atoms with Crippen molar-refractivity contribution >= 4 is 16.0 Å². The Kier molecular flexibility index (Phi) is 4.46. The summed E-state index contributed by atoms with van der Waals surface area (Å²) in [6.07, 6.45) is -4.74. The van der Waals surface area contributed by atoms with E-state index in [9.17, 15) is 26.4 Å². The Labute approximate surface area is 111 Å². The molecule has 114 valence electrons. The summed E-state index contributed by atoms with van der Waals surface area (Å²) in [5.74, 6) is -2.05. The van der Waals surface area contributed by atoms with E-state index in [1.807, 2.05) is 0 Å². The molecule has 11 heteroatoms. The first kappa shape index (κ1) is 16.5. The first-order valence-electron chi connectivity index (χ1n) is 4.99. The summed E-state index contributed by atoms with van der Waals surface area (Å²) in [6, 6.07) is 0. The maximum Gasteiger partial charge on any atom is 0.413 e. The van der Waals surface area contributed by atoms with Gasteiger partial charge in [0.15, 0.2) is 6.61 Å². The molecule has 20 heavy (non-hydrogen) atoms. The van der Waals surface area contributed by atoms with Crippen molar-refractivity contribution in [2.75, 3.05) is 6.61 Å². The van der Waals surface area contributed by atoms with Gasteiger partial charge in [-0.1, -0.05) is 4.89 Å². The molecule has 0 saturated carbocycles. The second kappa shape index (κ2) is 5.42. The average molecular weight is 317 g/mol. The van der Waals surface area contributed by atoms with Crippen LogP contribution >= 0.6 is 0 Å². The van der Waals surface area contributed by atoms with E-state index < -0.39 is 39.2 Å². The van der Waals surface area contributed by atoms with Crippen LogP contribution in [0, 0.1) is 13.8 Å². The topological polar surface area (TPSA) is 106 Å². The number of carboxylic acids is 1. The normalized spacial score (nSPS) is 12.7. The molecule has 0 spiro atoms. The van der Waals surface area contributed by atoms with Gasteiger partial charge in [-0.15, -0.1) is 0 Å². The fraction of sp³-hybridized carbons (Fsp3) is 0.444. The summed E-state index contributed by atoms with van der Waals surface area (Å²) in [6.45, 7) is 0.522. The lowest BCUT2D eigenvalue weighted by molar-refractivity contribution is -0.181. The molecule has 0 aliphatic rings. The van der Waals surface area contributed by atoms with Gasteiger partial charge in [0, 0.05) is 0 Å². The summed E-state index contributed by atoms with van der Waals surface area (Å²) >= 11 is 0. The van der Waals surface area contributed by atoms with Crippen LogP contribution in [0.5, 0.6) is 0 Å². The molecule has 1 aromatic heterocycles. The minimum Gasteiger partial charge on any atom is -0.478 e. The van der Waals surface area contributed by atoms with Crippen LogP contribution in [0.3, 0.4) is 0 Å². The molecule has 1 aromatic rings. The zero-order chi connectivity index (χ0) is 15.7.